The molecule has 0 aliphatic carbocycles. The van der Waals surface area contributed by atoms with Crippen LogP contribution in [0, 0.1) is 11.8 Å². The van der Waals surface area contributed by atoms with Gasteiger partial charge in [0.25, 0.3) is 0 Å². The molecule has 0 unspecified atom stereocenters. The molecule has 17 nitrogen and oxygen atoms in total. The van der Waals surface area contributed by atoms with E-state index >= 15 is 8.42 Å². The van der Waals surface area contributed by atoms with E-state index in [1.54, 1.807) is 83.4 Å². The molecule has 1 aliphatic heterocycles. The van der Waals surface area contributed by atoms with Crippen LogP contribution in [0.4, 0.5) is 14.7 Å². The summed E-state index contributed by atoms with van der Waals surface area (Å²) in [5.41, 5.74) is 3.23. The van der Waals surface area contributed by atoms with E-state index < -0.39 is 33.4 Å². The number of rotatable bonds is 14. The fourth-order valence-corrected chi connectivity index (χ4v) is 10.6. The molecule has 5 aromatic carbocycles. The van der Waals surface area contributed by atoms with Gasteiger partial charge in [-0.15, -0.1) is 10.2 Å². The highest BCUT2D eigenvalue weighted by atomic mass is 32.2. The van der Waals surface area contributed by atoms with E-state index in [-0.39, 0.29) is 53.2 Å². The van der Waals surface area contributed by atoms with Gasteiger partial charge in [0.05, 0.1) is 43.7 Å². The van der Waals surface area contributed by atoms with Crippen molar-refractivity contribution >= 4 is 48.9 Å². The summed E-state index contributed by atoms with van der Waals surface area (Å²) in [6.07, 6.45) is 1.15. The van der Waals surface area contributed by atoms with Gasteiger partial charge in [-0.1, -0.05) is 83.9 Å². The number of fused-ring (bicyclic) bond motifs is 1. The number of hydrogen-bond donors (Lipinski definition) is 1. The molecule has 0 saturated carbocycles. The van der Waals surface area contributed by atoms with E-state index in [0.29, 0.717) is 68.3 Å². The third kappa shape index (κ3) is 12.9. The molecule has 0 saturated heterocycles. The number of ether oxygens (including phenoxy) is 5. The quantitative estimate of drug-likeness (QED) is 0.101. The van der Waals surface area contributed by atoms with Crippen molar-refractivity contribution in [2.45, 2.75) is 83.7 Å². The van der Waals surface area contributed by atoms with E-state index in [1.807, 2.05) is 93.6 Å². The van der Waals surface area contributed by atoms with Crippen molar-refractivity contribution in [1.29, 1.82) is 0 Å². The number of carbonyl (C=O) groups excluding carboxylic acids is 2. The Labute approximate surface area is 435 Å². The van der Waals surface area contributed by atoms with Gasteiger partial charge in [-0.2, -0.15) is 9.10 Å². The second-order valence-corrected chi connectivity index (χ2v) is 22.2. The van der Waals surface area contributed by atoms with Gasteiger partial charge in [0, 0.05) is 42.9 Å². The number of aromatic nitrogens is 5. The minimum atomic E-state index is -4.64. The van der Waals surface area contributed by atoms with E-state index in [4.69, 9.17) is 33.8 Å². The number of anilines is 1. The number of hydrogen-bond acceptors (Lipinski definition) is 14. The van der Waals surface area contributed by atoms with Crippen LogP contribution in [0.1, 0.15) is 70.2 Å². The van der Waals surface area contributed by atoms with Gasteiger partial charge in [-0.25, -0.2) is 23.0 Å². The summed E-state index contributed by atoms with van der Waals surface area (Å²) in [4.78, 5) is 33.7. The van der Waals surface area contributed by atoms with Crippen LogP contribution in [0.25, 0.3) is 32.7 Å². The van der Waals surface area contributed by atoms with Crippen molar-refractivity contribution in [3.05, 3.63) is 137 Å². The highest BCUT2D eigenvalue weighted by Crippen LogP contribution is 2.43. The molecule has 74 heavy (non-hydrogen) atoms. The van der Waals surface area contributed by atoms with Gasteiger partial charge in [0.1, 0.15) is 33.3 Å². The van der Waals surface area contributed by atoms with Crippen LogP contribution in [-0.4, -0.2) is 101 Å². The summed E-state index contributed by atoms with van der Waals surface area (Å²) in [7, 11) is 0.0866. The Balaban J connectivity index is 1.35. The van der Waals surface area contributed by atoms with Gasteiger partial charge in [0.15, 0.2) is 5.13 Å². The van der Waals surface area contributed by atoms with Crippen molar-refractivity contribution in [1.82, 2.24) is 34.4 Å². The van der Waals surface area contributed by atoms with Gasteiger partial charge in [-0.05, 0) is 124 Å². The maximum absolute atomic E-state index is 16.3. The van der Waals surface area contributed by atoms with Gasteiger partial charge < -0.3 is 28.6 Å². The van der Waals surface area contributed by atoms with Crippen LogP contribution < -0.4 is 19.5 Å². The minimum Gasteiger partial charge on any atom is -0.497 e. The first kappa shape index (κ1) is 52.5. The summed E-state index contributed by atoms with van der Waals surface area (Å²) in [6.45, 7) is 11.5. The molecule has 19 heteroatoms. The van der Waals surface area contributed by atoms with E-state index in [9.17, 15) is 9.59 Å². The summed E-state index contributed by atoms with van der Waals surface area (Å²) < 4.78 is 62.1. The Bertz CT molecular complexity index is 3320. The molecule has 0 radical (unpaired) electrons. The van der Waals surface area contributed by atoms with Crippen molar-refractivity contribution in [2.75, 3.05) is 39.7 Å². The normalized spacial score (nSPS) is 12.9. The molecule has 8 rings (SSSR count). The van der Waals surface area contributed by atoms with Gasteiger partial charge in [-0.3, -0.25) is 5.32 Å². The number of amides is 2. The van der Waals surface area contributed by atoms with E-state index in [2.05, 4.69) is 27.5 Å². The minimum absolute atomic E-state index is 0.00815. The number of nitrogens with one attached hydrogen (secondary N) is 1. The summed E-state index contributed by atoms with van der Waals surface area (Å²) in [6, 6.07) is 30.8. The maximum atomic E-state index is 16.3. The number of carbonyl (C=O) groups is 2. The Morgan fingerprint density at radius 3 is 1.89 bits per heavy atom. The molecular formula is C55H58N8O9S2. The highest BCUT2D eigenvalue weighted by Gasteiger charge is 2.35. The number of benzene rings is 5. The summed E-state index contributed by atoms with van der Waals surface area (Å²) in [5, 5.41) is 17.0. The molecule has 1 N–H and O–H groups in total. The van der Waals surface area contributed by atoms with Gasteiger partial charge >= 0.3 is 12.2 Å². The third-order valence-corrected chi connectivity index (χ3v) is 14.3. The zero-order valence-electron chi connectivity index (χ0n) is 42.8. The van der Waals surface area contributed by atoms with Crippen LogP contribution in [-0.2, 0) is 39.1 Å². The fraction of sp³-hybridized carbons (Fsp3) is 0.309. The predicted molar refractivity (Wildman–Crippen MR) is 284 cm³/mol. The molecule has 0 bridgehead atoms. The number of para-hydroxylation sites is 1. The molecule has 384 valence electrons. The molecule has 2 aromatic heterocycles. The molecule has 0 spiro atoms. The van der Waals surface area contributed by atoms with Crippen LogP contribution in [0.5, 0.6) is 17.2 Å². The predicted octanol–water partition coefficient (Wildman–Crippen LogP) is 10.3. The number of methoxy groups -OCH3 is 3. The maximum Gasteiger partial charge on any atom is 0.413 e. The highest BCUT2D eigenvalue weighted by molar-refractivity contribution is 7.89. The van der Waals surface area contributed by atoms with Crippen LogP contribution in [0.15, 0.2) is 120 Å². The van der Waals surface area contributed by atoms with Crippen LogP contribution in [0.2, 0.25) is 0 Å². The van der Waals surface area contributed by atoms with E-state index in [1.165, 1.54) is 20.4 Å². The average molecular weight is 1040 g/mol. The van der Waals surface area contributed by atoms with Crippen LogP contribution in [0.3, 0.4) is 0 Å². The Morgan fingerprint density at radius 2 is 1.34 bits per heavy atom. The molecule has 2 amide bonds. The SMILES string of the molecule is COc1ccc(CN(Cc2ccc(OC)cc2)S(=O)(=O)c2c(C#CC3=CCN(C(=O)OC(C)(C)C)CC3)ccc(-c3cccc4sc(NC(=O)OC(C)(C)C)nc34)c2-c2nnn(Cc3ccc(OC)cc3)n2)cc1. The fourth-order valence-electron chi connectivity index (χ4n) is 7.96. The van der Waals surface area contributed by atoms with Gasteiger partial charge in [0.2, 0.25) is 15.8 Å². The molecule has 0 fully saturated rings. The average Bonchev–Trinajstić information content (AvgIpc) is 4.01. The molecule has 3 heterocycles. The summed E-state index contributed by atoms with van der Waals surface area (Å²) in [5.74, 6) is 8.42. The molecule has 0 atom stereocenters. The first-order valence-corrected chi connectivity index (χ1v) is 26.0. The largest absolute Gasteiger partial charge is 0.497 e. The number of tetrazole rings is 1. The van der Waals surface area contributed by atoms with E-state index in [0.717, 1.165) is 5.56 Å². The topological polar surface area (TPSA) is 189 Å². The monoisotopic (exact) mass is 1040 g/mol. The zero-order valence-corrected chi connectivity index (χ0v) is 44.4. The smallest absolute Gasteiger partial charge is 0.413 e. The zero-order chi connectivity index (χ0) is 52.8. The lowest BCUT2D eigenvalue weighted by Crippen LogP contribution is -2.39. The van der Waals surface area contributed by atoms with Crippen molar-refractivity contribution in [3.8, 4) is 51.6 Å². The first-order chi connectivity index (χ1) is 35.3. The Kier molecular flexibility index (Phi) is 15.7. The lowest BCUT2D eigenvalue weighted by molar-refractivity contribution is 0.0266. The lowest BCUT2D eigenvalue weighted by atomic mass is 9.96. The van der Waals surface area contributed by atoms with Crippen molar-refractivity contribution in [2.24, 2.45) is 0 Å². The lowest BCUT2D eigenvalue weighted by Gasteiger charge is -2.28. The summed E-state index contributed by atoms with van der Waals surface area (Å²) >= 11 is 1.24. The Morgan fingerprint density at radius 1 is 0.743 bits per heavy atom. The molecular weight excluding hydrogens is 981 g/mol. The standard InChI is InChI=1S/C55H58N8O9S2/c1-54(2,3)71-52(64)57-51-56-48-45(11-10-12-46(48)73-51)44-28-21-40(20-13-36-29-31-61(32-30-36)53(65)72-55(4,5)6)49(47(44)50-58-60-63(59-50)35-39-18-26-43(70-9)27-19-39)74(66,67)62(33-37-14-22-41(68-7)23-15-37)34-38-16-24-42(69-8)25-17-38/h10-12,14-19,21-29H,30-35H2,1-9H3,(H,56,57,64). The van der Waals surface area contributed by atoms with Crippen molar-refractivity contribution < 1.29 is 41.7 Å². The molecule has 1 aliphatic rings. The number of nitrogens with zero attached hydrogens (tertiary/aromatic N) is 7. The Hall–Kier alpha value is -7.79. The number of sulfonamides is 1. The van der Waals surface area contributed by atoms with Crippen LogP contribution >= 0.6 is 11.3 Å². The second-order valence-electron chi connectivity index (χ2n) is 19.3. The second kappa shape index (κ2) is 22.1. The first-order valence-electron chi connectivity index (χ1n) is 23.7. The molecule has 7 aromatic rings. The third-order valence-electron chi connectivity index (χ3n) is 11.5. The number of thiazole rings is 1. The van der Waals surface area contributed by atoms with Crippen molar-refractivity contribution in [3.63, 3.8) is 0 Å².